The van der Waals surface area contributed by atoms with Gasteiger partial charge >= 0.3 is 14.1 Å². The molecule has 0 aromatic heterocycles. The van der Waals surface area contributed by atoms with Gasteiger partial charge < -0.3 is 0 Å². The highest BCUT2D eigenvalue weighted by atomic mass is 27.2. The van der Waals surface area contributed by atoms with Gasteiger partial charge in [-0.15, -0.1) is 5.92 Å². The summed E-state index contributed by atoms with van der Waals surface area (Å²) in [5, 5.41) is 2.69. The molecule has 0 fully saturated rings. The molecule has 0 saturated carbocycles. The van der Waals surface area contributed by atoms with E-state index >= 15 is 0 Å². The van der Waals surface area contributed by atoms with Crippen LogP contribution in [0.4, 0.5) is 0 Å². The predicted octanol–water partition coefficient (Wildman–Crippen LogP) is 4.03. The molecule has 0 bridgehead atoms. The van der Waals surface area contributed by atoms with Gasteiger partial charge in [0, 0.05) is 6.42 Å². The summed E-state index contributed by atoms with van der Waals surface area (Å²) >= 11 is -0.612. The van der Waals surface area contributed by atoms with Crippen molar-refractivity contribution in [2.75, 3.05) is 0 Å². The molecule has 0 spiro atoms. The Morgan fingerprint density at radius 2 is 1.62 bits per heavy atom. The van der Waals surface area contributed by atoms with E-state index in [0.717, 1.165) is 6.42 Å². The Bertz CT molecular complexity index is 148. The molecule has 13 heavy (non-hydrogen) atoms. The molecule has 0 aromatic carbocycles. The van der Waals surface area contributed by atoms with E-state index in [9.17, 15) is 0 Å². The van der Waals surface area contributed by atoms with Gasteiger partial charge in [0.15, 0.2) is 0 Å². The van der Waals surface area contributed by atoms with E-state index in [0.29, 0.717) is 0 Å². The summed E-state index contributed by atoms with van der Waals surface area (Å²) in [7, 11) is 0. The summed E-state index contributed by atoms with van der Waals surface area (Å²) in [4.78, 5) is 3.48. The van der Waals surface area contributed by atoms with Crippen LogP contribution < -0.4 is 0 Å². The van der Waals surface area contributed by atoms with Gasteiger partial charge in [0.05, 0.1) is 0 Å². The van der Waals surface area contributed by atoms with Crippen LogP contribution in [0.25, 0.3) is 0 Å². The summed E-state index contributed by atoms with van der Waals surface area (Å²) in [6.45, 7) is 6.82. The molecule has 0 nitrogen and oxygen atoms in total. The minimum absolute atomic E-state index is 0.612. The smallest absolute Gasteiger partial charge is 0.205 e. The highest BCUT2D eigenvalue weighted by Gasteiger charge is 2.06. The summed E-state index contributed by atoms with van der Waals surface area (Å²) < 4.78 is 0. The molecule has 0 atom stereocenters. The fourth-order valence-electron chi connectivity index (χ4n) is 1.35. The van der Waals surface area contributed by atoms with E-state index in [4.69, 9.17) is 0 Å². The summed E-state index contributed by atoms with van der Waals surface area (Å²) in [5.74, 6) is 3.36. The Hall–Kier alpha value is 0.0925. The molecule has 0 aliphatic rings. The molecular weight excluding hydrogens is 171 g/mol. The monoisotopic (exact) mass is 194 g/mol. The molecule has 0 rings (SSSR count). The van der Waals surface area contributed by atoms with Gasteiger partial charge in [0.1, 0.15) is 0 Å². The van der Waals surface area contributed by atoms with Crippen LogP contribution in [0.15, 0.2) is 0 Å². The zero-order valence-corrected chi connectivity index (χ0v) is 10.7. The largest absolute Gasteiger partial charge is 0.375 e. The lowest BCUT2D eigenvalue weighted by atomic mass is 10.2. The third-order valence-electron chi connectivity index (χ3n) is 2.45. The molecule has 74 valence electrons. The Labute approximate surface area is 88.5 Å². The molecule has 0 saturated heterocycles. The Kier molecular flexibility index (Phi) is 10.2. The molecule has 1 heteroatoms. The lowest BCUT2D eigenvalue weighted by Gasteiger charge is -1.94. The van der Waals surface area contributed by atoms with Crippen molar-refractivity contribution < 1.29 is 0 Å². The number of hydrogen-bond donors (Lipinski definition) is 0. The standard InChI is InChI=1S/C8H13.2C2H5.Al/c1-3-5-7-8-6-4-2;2*1-2;/h3,5-8H2,1H3;2*1H2,2H3;. The Morgan fingerprint density at radius 1 is 0.923 bits per heavy atom. The minimum atomic E-state index is -0.612. The predicted molar refractivity (Wildman–Crippen MR) is 63.3 cm³/mol. The second-order valence-electron chi connectivity index (χ2n) is 3.65. The first-order valence-corrected chi connectivity index (χ1v) is 8.04. The van der Waals surface area contributed by atoms with E-state index < -0.39 is 14.1 Å². The van der Waals surface area contributed by atoms with Gasteiger partial charge in [0.2, 0.25) is 0 Å². The van der Waals surface area contributed by atoms with Crippen molar-refractivity contribution in [3.8, 4) is 10.7 Å². The van der Waals surface area contributed by atoms with Crippen LogP contribution in [0.1, 0.15) is 52.9 Å². The zero-order chi connectivity index (χ0) is 9.94. The van der Waals surface area contributed by atoms with Gasteiger partial charge in [-0.1, -0.05) is 50.6 Å². The van der Waals surface area contributed by atoms with Gasteiger partial charge in [-0.2, -0.15) is 0 Å². The molecule has 0 heterocycles. The highest BCUT2D eigenvalue weighted by Crippen LogP contribution is 2.01. The first-order valence-electron chi connectivity index (χ1n) is 5.83. The average molecular weight is 194 g/mol. The topological polar surface area (TPSA) is 0 Å². The maximum Gasteiger partial charge on any atom is 0.375 e. The van der Waals surface area contributed by atoms with Gasteiger partial charge in [-0.05, 0) is 6.42 Å². The van der Waals surface area contributed by atoms with Gasteiger partial charge in [-0.3, -0.25) is 0 Å². The van der Waals surface area contributed by atoms with Crippen LogP contribution in [0.2, 0.25) is 10.6 Å². The minimum Gasteiger partial charge on any atom is -0.205 e. The number of hydrogen-bond acceptors (Lipinski definition) is 0. The number of rotatable bonds is 6. The van der Waals surface area contributed by atoms with Crippen LogP contribution in [-0.2, 0) is 0 Å². The van der Waals surface area contributed by atoms with Crippen LogP contribution in [0.5, 0.6) is 0 Å². The first-order chi connectivity index (χ1) is 6.35. The third kappa shape index (κ3) is 8.42. The number of unbranched alkanes of at least 4 members (excludes halogenated alkanes) is 4. The Morgan fingerprint density at radius 3 is 2.15 bits per heavy atom. The second kappa shape index (κ2) is 10.2. The van der Waals surface area contributed by atoms with E-state index in [1.54, 1.807) is 0 Å². The normalized spacial score (nSPS) is 9.15. The molecule has 0 unspecified atom stereocenters. The Balaban J connectivity index is 3.37. The van der Waals surface area contributed by atoms with Crippen molar-refractivity contribution in [1.82, 2.24) is 0 Å². The molecule has 0 aromatic rings. The van der Waals surface area contributed by atoms with E-state index in [2.05, 4.69) is 31.5 Å². The van der Waals surface area contributed by atoms with Crippen LogP contribution in [0, 0.1) is 10.7 Å². The lowest BCUT2D eigenvalue weighted by Crippen LogP contribution is -2.04. The maximum atomic E-state index is 3.48. The van der Waals surface area contributed by atoms with Crippen LogP contribution in [0.3, 0.4) is 0 Å². The molecule has 0 amide bonds. The van der Waals surface area contributed by atoms with Gasteiger partial charge in [-0.25, -0.2) is 4.78 Å². The second-order valence-corrected chi connectivity index (χ2v) is 6.96. The van der Waals surface area contributed by atoms with E-state index in [1.165, 1.54) is 36.2 Å². The van der Waals surface area contributed by atoms with Crippen molar-refractivity contribution in [2.24, 2.45) is 0 Å². The van der Waals surface area contributed by atoms with E-state index in [1.807, 2.05) is 0 Å². The molecule has 0 aliphatic carbocycles. The maximum absolute atomic E-state index is 3.48. The van der Waals surface area contributed by atoms with Crippen LogP contribution in [-0.4, -0.2) is 14.1 Å². The fourth-order valence-corrected chi connectivity index (χ4v) is 2.77. The molecule has 0 N–H and O–H groups in total. The van der Waals surface area contributed by atoms with Gasteiger partial charge in [0.25, 0.3) is 0 Å². The van der Waals surface area contributed by atoms with Crippen LogP contribution >= 0.6 is 0 Å². The zero-order valence-electron chi connectivity index (χ0n) is 9.53. The fraction of sp³-hybridized carbons (Fsp3) is 0.833. The summed E-state index contributed by atoms with van der Waals surface area (Å²) in [5.41, 5.74) is 0. The van der Waals surface area contributed by atoms with Crippen molar-refractivity contribution in [1.29, 1.82) is 0 Å². The van der Waals surface area contributed by atoms with E-state index in [-0.39, 0.29) is 0 Å². The lowest BCUT2D eigenvalue weighted by molar-refractivity contribution is 0.680. The molecule has 0 radical (unpaired) electrons. The quantitative estimate of drug-likeness (QED) is 0.340. The van der Waals surface area contributed by atoms with Crippen molar-refractivity contribution in [3.05, 3.63) is 0 Å². The SMILES string of the molecule is CCCCCCC#[C][Al]([CH2]C)[CH2]C. The van der Waals surface area contributed by atoms with Crippen molar-refractivity contribution in [3.63, 3.8) is 0 Å². The first kappa shape index (κ1) is 13.1. The third-order valence-corrected chi connectivity index (χ3v) is 5.03. The summed E-state index contributed by atoms with van der Waals surface area (Å²) in [6, 6.07) is 0. The van der Waals surface area contributed by atoms with Crippen molar-refractivity contribution >= 4 is 14.1 Å². The molecule has 0 aliphatic heterocycles. The average Bonchev–Trinajstić information content (AvgIpc) is 2.17. The summed E-state index contributed by atoms with van der Waals surface area (Å²) in [6.07, 6.45) is 6.54. The highest BCUT2D eigenvalue weighted by molar-refractivity contribution is 6.67. The molecular formula is C12H23Al. The van der Waals surface area contributed by atoms with Crippen molar-refractivity contribution in [2.45, 2.75) is 63.4 Å².